The molecule has 0 unspecified atom stereocenters. The zero-order valence-electron chi connectivity index (χ0n) is 15.5. The largest absolute Gasteiger partial charge is 0.468 e. The van der Waals surface area contributed by atoms with Gasteiger partial charge in [0.25, 0.3) is 10.0 Å². The number of esters is 1. The number of hydrogen-bond acceptors (Lipinski definition) is 5. The fourth-order valence-corrected chi connectivity index (χ4v) is 5.08. The third-order valence-corrected chi connectivity index (χ3v) is 6.77. The highest BCUT2D eigenvalue weighted by Crippen LogP contribution is 2.24. The first kappa shape index (κ1) is 19.3. The van der Waals surface area contributed by atoms with Crippen molar-refractivity contribution in [2.24, 2.45) is 4.40 Å². The van der Waals surface area contributed by atoms with Crippen molar-refractivity contribution in [1.29, 1.82) is 0 Å². The number of methoxy groups -OCH3 is 1. The van der Waals surface area contributed by atoms with Crippen molar-refractivity contribution in [3.05, 3.63) is 57.9 Å². The summed E-state index contributed by atoms with van der Waals surface area (Å²) in [5, 5.41) is 0. The molecule has 0 fully saturated rings. The van der Waals surface area contributed by atoms with Crippen LogP contribution in [0.3, 0.4) is 0 Å². The second kappa shape index (κ2) is 7.28. The topological polar surface area (TPSA) is 77.7 Å². The van der Waals surface area contributed by atoms with Crippen LogP contribution in [0.15, 0.2) is 45.7 Å². The van der Waals surface area contributed by atoms with E-state index >= 15 is 0 Å². The minimum Gasteiger partial charge on any atom is -0.468 e. The minimum absolute atomic E-state index is 0.109. The lowest BCUT2D eigenvalue weighted by Crippen LogP contribution is -2.22. The van der Waals surface area contributed by atoms with Crippen LogP contribution in [0, 0.1) is 20.8 Å². The number of carbonyl (C=O) groups is 1. The molecule has 1 heterocycles. The van der Waals surface area contributed by atoms with Crippen molar-refractivity contribution in [2.45, 2.75) is 32.2 Å². The molecule has 0 N–H and O–H groups in total. The van der Waals surface area contributed by atoms with Gasteiger partial charge in [-0.15, -0.1) is 4.40 Å². The van der Waals surface area contributed by atoms with Gasteiger partial charge in [0.15, 0.2) is 0 Å². The lowest BCUT2D eigenvalue weighted by atomic mass is 10.1. The number of fused-ring (bicyclic) bond motifs is 1. The second-order valence-electron chi connectivity index (χ2n) is 6.36. The zero-order valence-corrected chi connectivity index (χ0v) is 17.1. The minimum atomic E-state index is -3.90. The Labute approximate surface area is 161 Å². The predicted molar refractivity (Wildman–Crippen MR) is 105 cm³/mol. The summed E-state index contributed by atoms with van der Waals surface area (Å²) < 4.78 is 36.8. The smallest absolute Gasteiger partial charge is 0.325 e. The van der Waals surface area contributed by atoms with Crippen LogP contribution >= 0.6 is 11.3 Å². The van der Waals surface area contributed by atoms with Crippen LogP contribution in [0.5, 0.6) is 0 Å². The molecule has 0 aliphatic rings. The van der Waals surface area contributed by atoms with E-state index in [1.54, 1.807) is 16.7 Å². The van der Waals surface area contributed by atoms with Crippen LogP contribution in [0.25, 0.3) is 10.2 Å². The Morgan fingerprint density at radius 2 is 1.78 bits per heavy atom. The van der Waals surface area contributed by atoms with Crippen LogP contribution < -0.4 is 4.80 Å². The van der Waals surface area contributed by atoms with Gasteiger partial charge in [-0.2, -0.15) is 8.42 Å². The van der Waals surface area contributed by atoms with Crippen molar-refractivity contribution >= 4 is 37.5 Å². The van der Waals surface area contributed by atoms with Gasteiger partial charge >= 0.3 is 5.97 Å². The van der Waals surface area contributed by atoms with Gasteiger partial charge in [0.1, 0.15) is 6.54 Å². The predicted octanol–water partition coefficient (Wildman–Crippen LogP) is 3.09. The monoisotopic (exact) mass is 404 g/mol. The van der Waals surface area contributed by atoms with Gasteiger partial charge in [-0.3, -0.25) is 4.79 Å². The molecule has 0 atom stereocenters. The summed E-state index contributed by atoms with van der Waals surface area (Å²) >= 11 is 1.25. The number of thiazole rings is 1. The molecule has 3 aromatic rings. The van der Waals surface area contributed by atoms with Crippen LogP contribution in [0.2, 0.25) is 0 Å². The lowest BCUT2D eigenvalue weighted by Gasteiger charge is -2.05. The fourth-order valence-electron chi connectivity index (χ4n) is 2.79. The molecule has 0 bridgehead atoms. The Bertz CT molecular complexity index is 1190. The summed E-state index contributed by atoms with van der Waals surface area (Å²) in [6.07, 6.45) is 0. The van der Waals surface area contributed by atoms with Crippen LogP contribution in [0.4, 0.5) is 0 Å². The van der Waals surface area contributed by atoms with Crippen molar-refractivity contribution in [3.8, 4) is 0 Å². The number of carbonyl (C=O) groups excluding carboxylic acids is 1. The zero-order chi connectivity index (χ0) is 19.8. The lowest BCUT2D eigenvalue weighted by molar-refractivity contribution is -0.141. The first-order chi connectivity index (χ1) is 12.7. The molecule has 0 aliphatic heterocycles. The summed E-state index contributed by atoms with van der Waals surface area (Å²) in [6, 6.07) is 10.4. The van der Waals surface area contributed by atoms with Crippen molar-refractivity contribution in [3.63, 3.8) is 0 Å². The molecular weight excluding hydrogens is 384 g/mol. The Morgan fingerprint density at radius 1 is 1.11 bits per heavy atom. The molecule has 27 heavy (non-hydrogen) atoms. The van der Waals surface area contributed by atoms with Gasteiger partial charge in [0.2, 0.25) is 4.80 Å². The van der Waals surface area contributed by atoms with E-state index in [2.05, 4.69) is 4.40 Å². The van der Waals surface area contributed by atoms with E-state index in [0.29, 0.717) is 0 Å². The fraction of sp³-hybridized carbons (Fsp3) is 0.263. The Balaban J connectivity index is 2.27. The number of sulfonamides is 1. The molecule has 6 nitrogen and oxygen atoms in total. The van der Waals surface area contributed by atoms with Crippen LogP contribution in [-0.2, 0) is 26.1 Å². The number of ether oxygens (including phenoxy) is 1. The maximum Gasteiger partial charge on any atom is 0.325 e. The summed E-state index contributed by atoms with van der Waals surface area (Å²) in [5.74, 6) is -0.469. The van der Waals surface area contributed by atoms with E-state index in [9.17, 15) is 13.2 Å². The highest BCUT2D eigenvalue weighted by molar-refractivity contribution is 7.90. The molecule has 3 rings (SSSR count). The maximum atomic E-state index is 12.8. The summed E-state index contributed by atoms with van der Waals surface area (Å²) in [4.78, 5) is 12.2. The summed E-state index contributed by atoms with van der Waals surface area (Å²) in [5.41, 5.74) is 3.75. The third-order valence-electron chi connectivity index (χ3n) is 4.15. The molecule has 0 radical (unpaired) electrons. The normalized spacial score (nSPS) is 12.5. The van der Waals surface area contributed by atoms with Crippen molar-refractivity contribution in [1.82, 2.24) is 4.57 Å². The number of benzene rings is 2. The highest BCUT2D eigenvalue weighted by atomic mass is 32.2. The summed E-state index contributed by atoms with van der Waals surface area (Å²) in [7, 11) is -2.60. The van der Waals surface area contributed by atoms with Gasteiger partial charge in [-0.1, -0.05) is 35.1 Å². The van der Waals surface area contributed by atoms with E-state index < -0.39 is 16.0 Å². The highest BCUT2D eigenvalue weighted by Gasteiger charge is 2.17. The quantitative estimate of drug-likeness (QED) is 0.626. The Kier molecular flexibility index (Phi) is 5.21. The van der Waals surface area contributed by atoms with Crippen LogP contribution in [0.1, 0.15) is 16.7 Å². The van der Waals surface area contributed by atoms with E-state index in [-0.39, 0.29) is 16.2 Å². The van der Waals surface area contributed by atoms with Gasteiger partial charge in [-0.25, -0.2) is 0 Å². The molecule has 0 aliphatic carbocycles. The van der Waals surface area contributed by atoms with Crippen molar-refractivity contribution in [2.75, 3.05) is 7.11 Å². The Morgan fingerprint density at radius 3 is 2.41 bits per heavy atom. The number of hydrogen-bond donors (Lipinski definition) is 0. The Hall–Kier alpha value is -2.45. The summed E-state index contributed by atoms with van der Waals surface area (Å²) in [6.45, 7) is 5.68. The molecule has 2 aromatic carbocycles. The SMILES string of the molecule is COC(=O)Cn1c(=NS(=O)(=O)c2ccc(C)cc2)sc2c(C)cc(C)cc21. The van der Waals surface area contributed by atoms with Crippen LogP contribution in [-0.4, -0.2) is 26.1 Å². The molecule has 0 saturated carbocycles. The number of nitrogens with zero attached hydrogens (tertiary/aromatic N) is 2. The molecule has 0 spiro atoms. The number of rotatable bonds is 4. The second-order valence-corrected chi connectivity index (χ2v) is 8.94. The molecule has 0 amide bonds. The molecule has 8 heteroatoms. The first-order valence-electron chi connectivity index (χ1n) is 8.26. The standard InChI is InChI=1S/C19H20N2O4S2/c1-12-5-7-15(8-6-12)27(23,24)20-19-21(11-17(22)25-4)16-10-13(2)9-14(3)18(16)26-19/h5-10H,11H2,1-4H3. The maximum absolute atomic E-state index is 12.8. The number of aromatic nitrogens is 1. The van der Waals surface area contributed by atoms with E-state index in [4.69, 9.17) is 4.74 Å². The average molecular weight is 405 g/mol. The third kappa shape index (κ3) is 3.96. The van der Waals surface area contributed by atoms with E-state index in [0.717, 1.165) is 26.9 Å². The van der Waals surface area contributed by atoms with Gasteiger partial charge in [-0.05, 0) is 50.1 Å². The molecule has 1 aromatic heterocycles. The van der Waals surface area contributed by atoms with E-state index in [1.165, 1.54) is 30.6 Å². The first-order valence-corrected chi connectivity index (χ1v) is 10.5. The average Bonchev–Trinajstić information content (AvgIpc) is 2.92. The number of aryl methyl sites for hydroxylation is 3. The molecule has 142 valence electrons. The van der Waals surface area contributed by atoms with Gasteiger partial charge in [0, 0.05) is 0 Å². The van der Waals surface area contributed by atoms with Gasteiger partial charge in [0.05, 0.1) is 22.2 Å². The molecule has 0 saturated heterocycles. The van der Waals surface area contributed by atoms with E-state index in [1.807, 2.05) is 32.9 Å². The van der Waals surface area contributed by atoms with Gasteiger partial charge < -0.3 is 9.30 Å². The van der Waals surface area contributed by atoms with Crippen molar-refractivity contribution < 1.29 is 17.9 Å². The molecular formula is C19H20N2O4S2.